The molecule has 7 nitrogen and oxygen atoms in total. The van der Waals surface area contributed by atoms with Crippen molar-refractivity contribution in [2.45, 2.75) is 43.9 Å². The van der Waals surface area contributed by atoms with Gasteiger partial charge in [-0.1, -0.05) is 23.2 Å². The largest absolute Gasteiger partial charge is 0.382 e. The molecule has 5 atom stereocenters. The number of alkyl halides is 1. The molecule has 1 fully saturated rings. The molecule has 0 amide bonds. The van der Waals surface area contributed by atoms with Crippen LogP contribution in [0.1, 0.15) is 25.5 Å². The van der Waals surface area contributed by atoms with Crippen LogP contribution in [0.25, 0.3) is 11.0 Å². The normalized spacial score (nSPS) is 29.3. The van der Waals surface area contributed by atoms with E-state index >= 15 is 4.39 Å². The topological polar surface area (TPSA) is 113 Å². The number of carbonyl (C=O) groups excluding carboxylic acids is 2. The van der Waals surface area contributed by atoms with E-state index < -0.39 is 41.7 Å². The average molecular weight is 484 g/mol. The zero-order chi connectivity index (χ0) is 20.3. The molecule has 0 bridgehead atoms. The average Bonchev–Trinajstić information content (AvgIpc) is 3.07. The Hall–Kier alpha value is -1.10. The van der Waals surface area contributed by atoms with Gasteiger partial charge in [0.2, 0.25) is 0 Å². The Bertz CT molecular complexity index is 955. The molecule has 1 aromatic carbocycles. The van der Waals surface area contributed by atoms with Gasteiger partial charge in [0.15, 0.2) is 28.1 Å². The van der Waals surface area contributed by atoms with E-state index in [0.29, 0.717) is 10.3 Å². The van der Waals surface area contributed by atoms with E-state index in [2.05, 4.69) is 25.9 Å². The Labute approximate surface area is 170 Å². The lowest BCUT2D eigenvalue weighted by molar-refractivity contribution is -0.159. The number of rotatable bonds is 4. The van der Waals surface area contributed by atoms with Crippen molar-refractivity contribution >= 4 is 61.7 Å². The maximum Gasteiger partial charge on any atom is 0.185 e. The number of hydrogen-bond donors (Lipinski definition) is 3. The van der Waals surface area contributed by atoms with Crippen LogP contribution in [0.15, 0.2) is 10.8 Å². The van der Waals surface area contributed by atoms with Crippen LogP contribution in [-0.4, -0.2) is 55.7 Å². The number of carbonyl (C=O) groups is 2. The molecule has 2 aromatic rings. The van der Waals surface area contributed by atoms with Crippen molar-refractivity contribution in [1.29, 1.82) is 0 Å². The van der Waals surface area contributed by atoms with Crippen molar-refractivity contribution in [1.82, 2.24) is 9.97 Å². The summed E-state index contributed by atoms with van der Waals surface area (Å²) in [5.41, 5.74) is -2.15. The Morgan fingerprint density at radius 3 is 2.63 bits per heavy atom. The summed E-state index contributed by atoms with van der Waals surface area (Å²) in [6.07, 6.45) is -7.66. The Balaban J connectivity index is 2.21. The molecule has 1 aromatic heterocycles. The fourth-order valence-electron chi connectivity index (χ4n) is 3.20. The maximum absolute atomic E-state index is 15.3. The summed E-state index contributed by atoms with van der Waals surface area (Å²) >= 11 is 15.5. The van der Waals surface area contributed by atoms with Crippen LogP contribution in [0.4, 0.5) is 4.39 Å². The van der Waals surface area contributed by atoms with Gasteiger partial charge in [-0.25, -0.2) is 9.37 Å². The highest BCUT2D eigenvalue weighted by Crippen LogP contribution is 2.49. The number of H-pyrrole nitrogens is 1. The quantitative estimate of drug-likeness (QED) is 0.616. The Morgan fingerprint density at radius 2 is 2.07 bits per heavy atom. The lowest BCUT2D eigenvalue weighted by atomic mass is 9.83. The lowest BCUT2D eigenvalue weighted by Crippen LogP contribution is -2.57. The third-order valence-electron chi connectivity index (χ3n) is 4.64. The van der Waals surface area contributed by atoms with E-state index in [1.165, 1.54) is 6.07 Å². The fourth-order valence-corrected chi connectivity index (χ4v) is 4.06. The van der Waals surface area contributed by atoms with Crippen LogP contribution in [0.5, 0.6) is 0 Å². The first-order chi connectivity index (χ1) is 12.5. The van der Waals surface area contributed by atoms with Crippen molar-refractivity contribution in [3.8, 4) is 0 Å². The van der Waals surface area contributed by atoms with Crippen molar-refractivity contribution < 1.29 is 28.9 Å². The second kappa shape index (κ2) is 7.06. The zero-order valence-electron chi connectivity index (χ0n) is 14.0. The number of nitrogens with zero attached hydrogens (tertiary/aromatic N) is 1. The van der Waals surface area contributed by atoms with E-state index in [4.69, 9.17) is 27.9 Å². The van der Waals surface area contributed by atoms with Gasteiger partial charge in [0.05, 0.1) is 21.1 Å². The molecule has 1 aliphatic heterocycles. The number of aromatic nitrogens is 2. The van der Waals surface area contributed by atoms with E-state index in [1.807, 2.05) is 0 Å². The SMILES string of the molecule is CC(=O)C(O)[C@H]1O[C@@H](c2c(Cl)c(Cl)cc3[nH]c(Br)nc23)[C@H](F)[C@@]1(O)C(C)=O. The number of ether oxygens (including phenoxy) is 1. The van der Waals surface area contributed by atoms with Crippen LogP contribution in [0.2, 0.25) is 10.0 Å². The number of hydrogen-bond acceptors (Lipinski definition) is 6. The van der Waals surface area contributed by atoms with Crippen LogP contribution in [0, 0.1) is 0 Å². The number of halogens is 4. The van der Waals surface area contributed by atoms with Gasteiger partial charge in [0.1, 0.15) is 18.3 Å². The molecule has 0 saturated carbocycles. The van der Waals surface area contributed by atoms with Crippen molar-refractivity contribution in [2.75, 3.05) is 0 Å². The van der Waals surface area contributed by atoms with Gasteiger partial charge in [-0.2, -0.15) is 0 Å². The third-order valence-corrected chi connectivity index (χ3v) is 5.82. The number of aromatic amines is 1. The standard InChI is InChI=1S/C16H14BrCl2FN2O5/c1-4(23)11(25)14-16(26,5(2)24)13(20)12(27-14)8-9(19)6(18)3-7-10(8)22-15(17)21-7/h3,11-14,25-26H,1-2H3,(H,21,22)/t11?,12-,13-,14+,16-/m0/s1. The lowest BCUT2D eigenvalue weighted by Gasteiger charge is -2.29. The van der Waals surface area contributed by atoms with Crippen molar-refractivity contribution in [3.63, 3.8) is 0 Å². The van der Waals surface area contributed by atoms with Crippen LogP contribution < -0.4 is 0 Å². The summed E-state index contributed by atoms with van der Waals surface area (Å²) in [6, 6.07) is 1.47. The summed E-state index contributed by atoms with van der Waals surface area (Å²) in [5.74, 6) is -1.79. The molecule has 27 heavy (non-hydrogen) atoms. The highest BCUT2D eigenvalue weighted by molar-refractivity contribution is 9.10. The number of ketones is 2. The van der Waals surface area contributed by atoms with Gasteiger partial charge < -0.3 is 19.9 Å². The van der Waals surface area contributed by atoms with Gasteiger partial charge in [-0.3, -0.25) is 9.59 Å². The molecule has 1 unspecified atom stereocenters. The van der Waals surface area contributed by atoms with Crippen LogP contribution >= 0.6 is 39.1 Å². The van der Waals surface area contributed by atoms with Gasteiger partial charge in [0, 0.05) is 5.56 Å². The van der Waals surface area contributed by atoms with E-state index in [-0.39, 0.29) is 21.1 Å². The number of Topliss-reactive ketones (excluding diaryl/α,β-unsaturated/α-hetero) is 2. The number of imidazole rings is 1. The molecule has 3 rings (SSSR count). The van der Waals surface area contributed by atoms with Gasteiger partial charge in [-0.15, -0.1) is 0 Å². The number of aliphatic hydroxyl groups is 2. The molecule has 0 spiro atoms. The fraction of sp³-hybridized carbons (Fsp3) is 0.438. The second-order valence-electron chi connectivity index (χ2n) is 6.33. The molecule has 1 aliphatic rings. The zero-order valence-corrected chi connectivity index (χ0v) is 17.1. The summed E-state index contributed by atoms with van der Waals surface area (Å²) in [6.45, 7) is 1.98. The second-order valence-corrected chi connectivity index (χ2v) is 7.86. The molecular formula is C16H14BrCl2FN2O5. The molecule has 11 heteroatoms. The van der Waals surface area contributed by atoms with E-state index in [0.717, 1.165) is 13.8 Å². The van der Waals surface area contributed by atoms with Crippen LogP contribution in [-0.2, 0) is 14.3 Å². The minimum absolute atomic E-state index is 0.00783. The van der Waals surface area contributed by atoms with E-state index in [9.17, 15) is 19.8 Å². The third kappa shape index (κ3) is 3.10. The van der Waals surface area contributed by atoms with Crippen molar-refractivity contribution in [2.24, 2.45) is 0 Å². The highest BCUT2D eigenvalue weighted by Gasteiger charge is 2.63. The minimum atomic E-state index is -2.75. The smallest absolute Gasteiger partial charge is 0.185 e. The maximum atomic E-state index is 15.3. The highest BCUT2D eigenvalue weighted by atomic mass is 79.9. The number of fused-ring (bicyclic) bond motifs is 1. The minimum Gasteiger partial charge on any atom is -0.382 e. The van der Waals surface area contributed by atoms with Crippen molar-refractivity contribution in [3.05, 3.63) is 26.4 Å². The Kier molecular flexibility index (Phi) is 5.39. The molecule has 0 radical (unpaired) electrons. The first kappa shape index (κ1) is 20.6. The van der Waals surface area contributed by atoms with Gasteiger partial charge in [0.25, 0.3) is 0 Å². The number of benzene rings is 1. The summed E-state index contributed by atoms with van der Waals surface area (Å²) in [7, 11) is 0. The Morgan fingerprint density at radius 1 is 1.44 bits per heavy atom. The summed E-state index contributed by atoms with van der Waals surface area (Å²) in [5, 5.41) is 20.8. The number of nitrogens with one attached hydrogen (secondary N) is 1. The molecule has 0 aliphatic carbocycles. The van der Waals surface area contributed by atoms with Crippen LogP contribution in [0.3, 0.4) is 0 Å². The molecule has 3 N–H and O–H groups in total. The van der Waals surface area contributed by atoms with Gasteiger partial charge in [-0.05, 0) is 35.8 Å². The first-order valence-electron chi connectivity index (χ1n) is 7.74. The monoisotopic (exact) mass is 482 g/mol. The molecular weight excluding hydrogens is 470 g/mol. The number of aliphatic hydroxyl groups excluding tert-OH is 1. The molecule has 2 heterocycles. The summed E-state index contributed by atoms with van der Waals surface area (Å²) < 4.78 is 21.1. The van der Waals surface area contributed by atoms with Gasteiger partial charge >= 0.3 is 0 Å². The summed E-state index contributed by atoms with van der Waals surface area (Å²) in [4.78, 5) is 30.6. The molecule has 146 valence electrons. The molecule has 1 saturated heterocycles. The first-order valence-corrected chi connectivity index (χ1v) is 9.29. The predicted molar refractivity (Wildman–Crippen MR) is 98.6 cm³/mol. The van der Waals surface area contributed by atoms with E-state index in [1.54, 1.807) is 0 Å². The predicted octanol–water partition coefficient (Wildman–Crippen LogP) is 2.68.